The summed E-state index contributed by atoms with van der Waals surface area (Å²) in [5.41, 5.74) is 2.53. The van der Waals surface area contributed by atoms with Crippen molar-refractivity contribution in [1.29, 1.82) is 0 Å². The van der Waals surface area contributed by atoms with Gasteiger partial charge in [-0.3, -0.25) is 14.7 Å². The second-order valence-corrected chi connectivity index (χ2v) is 6.47. The Kier molecular flexibility index (Phi) is 5.54. The summed E-state index contributed by atoms with van der Waals surface area (Å²) in [6.45, 7) is 3.43. The van der Waals surface area contributed by atoms with E-state index in [4.69, 9.17) is 4.74 Å². The van der Waals surface area contributed by atoms with E-state index >= 15 is 0 Å². The van der Waals surface area contributed by atoms with Crippen molar-refractivity contribution in [1.82, 2.24) is 4.90 Å². The van der Waals surface area contributed by atoms with Gasteiger partial charge in [-0.05, 0) is 30.2 Å². The van der Waals surface area contributed by atoms with Crippen LogP contribution in [0.2, 0.25) is 0 Å². The molecule has 1 amide bonds. The van der Waals surface area contributed by atoms with Gasteiger partial charge in [-0.1, -0.05) is 54.2 Å². The Morgan fingerprint density at radius 1 is 1.17 bits per heavy atom. The maximum atomic E-state index is 12.4. The van der Waals surface area contributed by atoms with E-state index in [1.807, 2.05) is 42.5 Å². The minimum Gasteiger partial charge on any atom is -0.484 e. The number of benzene rings is 2. The van der Waals surface area contributed by atoms with E-state index in [-0.39, 0.29) is 12.5 Å². The molecular weight excluding hydrogens is 320 g/mol. The Labute approximate surface area is 146 Å². The van der Waals surface area contributed by atoms with Crippen LogP contribution >= 0.6 is 11.8 Å². The molecule has 1 aliphatic rings. The largest absolute Gasteiger partial charge is 0.484 e. The molecule has 0 saturated carbocycles. The van der Waals surface area contributed by atoms with Crippen LogP contribution in [0, 0.1) is 6.92 Å². The summed E-state index contributed by atoms with van der Waals surface area (Å²) in [6.07, 6.45) is 0. The van der Waals surface area contributed by atoms with Crippen molar-refractivity contribution < 1.29 is 9.53 Å². The van der Waals surface area contributed by atoms with Crippen LogP contribution < -0.4 is 4.74 Å². The molecule has 2 aromatic rings. The molecule has 0 saturated heterocycles. The van der Waals surface area contributed by atoms with Crippen LogP contribution in [0.1, 0.15) is 11.1 Å². The molecule has 0 aliphatic carbocycles. The lowest BCUT2D eigenvalue weighted by Gasteiger charge is -2.18. The van der Waals surface area contributed by atoms with Crippen molar-refractivity contribution in [2.75, 3.05) is 19.7 Å². The zero-order chi connectivity index (χ0) is 16.8. The third-order valence-electron chi connectivity index (χ3n) is 3.83. The number of amides is 1. The van der Waals surface area contributed by atoms with Crippen molar-refractivity contribution >= 4 is 22.8 Å². The summed E-state index contributed by atoms with van der Waals surface area (Å²) in [6, 6.07) is 17.7. The molecule has 0 bridgehead atoms. The van der Waals surface area contributed by atoms with Gasteiger partial charge in [-0.2, -0.15) is 0 Å². The molecule has 24 heavy (non-hydrogen) atoms. The molecule has 0 fully saturated rings. The summed E-state index contributed by atoms with van der Waals surface area (Å²) < 4.78 is 5.55. The van der Waals surface area contributed by atoms with Gasteiger partial charge in [0.15, 0.2) is 11.8 Å². The van der Waals surface area contributed by atoms with Crippen LogP contribution in [0.5, 0.6) is 5.75 Å². The Morgan fingerprint density at radius 3 is 2.71 bits per heavy atom. The third-order valence-corrected chi connectivity index (χ3v) is 4.89. The highest BCUT2D eigenvalue weighted by Crippen LogP contribution is 2.21. The first-order chi connectivity index (χ1) is 11.7. The highest BCUT2D eigenvalue weighted by atomic mass is 32.2. The van der Waals surface area contributed by atoms with E-state index in [2.05, 4.69) is 24.0 Å². The molecule has 0 N–H and O–H groups in total. The smallest absolute Gasteiger partial charge is 0.266 e. The number of para-hydroxylation sites is 1. The minimum absolute atomic E-state index is 0.0357. The van der Waals surface area contributed by atoms with Crippen LogP contribution in [0.15, 0.2) is 59.6 Å². The second-order valence-electron chi connectivity index (χ2n) is 5.53. The predicted molar refractivity (Wildman–Crippen MR) is 98.4 cm³/mol. The van der Waals surface area contributed by atoms with Crippen LogP contribution in [0.25, 0.3) is 0 Å². The van der Waals surface area contributed by atoms with Gasteiger partial charge < -0.3 is 4.74 Å². The molecule has 1 heterocycles. The van der Waals surface area contributed by atoms with Gasteiger partial charge in [0.25, 0.3) is 5.91 Å². The molecule has 5 heteroatoms. The number of aryl methyl sites for hydroxylation is 1. The fraction of sp³-hybridized carbons (Fsp3) is 0.263. The number of thioether (sulfide) groups is 1. The van der Waals surface area contributed by atoms with Gasteiger partial charge in [0.1, 0.15) is 5.75 Å². The molecule has 0 spiro atoms. The maximum Gasteiger partial charge on any atom is 0.266 e. The third kappa shape index (κ3) is 4.17. The monoisotopic (exact) mass is 340 g/mol. The van der Waals surface area contributed by atoms with Crippen LogP contribution in [-0.4, -0.2) is 35.7 Å². The topological polar surface area (TPSA) is 41.9 Å². The summed E-state index contributed by atoms with van der Waals surface area (Å²) in [4.78, 5) is 18.6. The number of rotatable bonds is 5. The quantitative estimate of drug-likeness (QED) is 0.836. The first kappa shape index (κ1) is 16.6. The summed E-state index contributed by atoms with van der Waals surface area (Å²) in [7, 11) is 0. The number of ether oxygens (including phenoxy) is 1. The Hall–Kier alpha value is -2.27. The van der Waals surface area contributed by atoms with Crippen molar-refractivity contribution in [3.8, 4) is 5.75 Å². The number of carbonyl (C=O) groups is 1. The van der Waals surface area contributed by atoms with E-state index < -0.39 is 0 Å². The lowest BCUT2D eigenvalue weighted by atomic mass is 10.1. The van der Waals surface area contributed by atoms with Gasteiger partial charge in [0, 0.05) is 12.3 Å². The molecule has 1 aliphatic heterocycles. The number of aliphatic imine (C=N–C) groups is 1. The molecule has 0 unspecified atom stereocenters. The standard InChI is InChI=1S/C19H20N2O2S/c1-15-7-5-6-8-16(15)14-24-19-20-11-12-21(19)18(22)13-23-17-9-3-2-4-10-17/h2-10H,11-14H2,1H3. The SMILES string of the molecule is Cc1ccccc1CSC1=NCCN1C(=O)COc1ccccc1. The van der Waals surface area contributed by atoms with E-state index in [1.165, 1.54) is 11.1 Å². The molecule has 0 radical (unpaired) electrons. The van der Waals surface area contributed by atoms with Crippen molar-refractivity contribution in [2.45, 2.75) is 12.7 Å². The summed E-state index contributed by atoms with van der Waals surface area (Å²) in [5, 5.41) is 0.792. The van der Waals surface area contributed by atoms with Crippen LogP contribution in [-0.2, 0) is 10.5 Å². The van der Waals surface area contributed by atoms with Gasteiger partial charge in [-0.15, -0.1) is 0 Å². The number of hydrogen-bond acceptors (Lipinski definition) is 4. The highest BCUT2D eigenvalue weighted by Gasteiger charge is 2.24. The number of amidine groups is 1. The van der Waals surface area contributed by atoms with Crippen molar-refractivity contribution in [2.24, 2.45) is 4.99 Å². The molecule has 2 aromatic carbocycles. The Balaban J connectivity index is 1.55. The molecular formula is C19H20N2O2S. The fourth-order valence-electron chi connectivity index (χ4n) is 2.44. The van der Waals surface area contributed by atoms with Crippen LogP contribution in [0.4, 0.5) is 0 Å². The van der Waals surface area contributed by atoms with Crippen molar-refractivity contribution in [3.05, 3.63) is 65.7 Å². The molecule has 124 valence electrons. The van der Waals surface area contributed by atoms with Gasteiger partial charge in [0.2, 0.25) is 0 Å². The van der Waals surface area contributed by atoms with Crippen LogP contribution in [0.3, 0.4) is 0 Å². The number of carbonyl (C=O) groups excluding carboxylic acids is 1. The number of hydrogen-bond donors (Lipinski definition) is 0. The van der Waals surface area contributed by atoms with E-state index in [9.17, 15) is 4.79 Å². The number of nitrogens with zero attached hydrogens (tertiary/aromatic N) is 2. The Bertz CT molecular complexity index is 731. The summed E-state index contributed by atoms with van der Waals surface area (Å²) in [5.74, 6) is 1.47. The molecule has 0 atom stereocenters. The molecule has 4 nitrogen and oxygen atoms in total. The average Bonchev–Trinajstić information content (AvgIpc) is 3.08. The van der Waals surface area contributed by atoms with Gasteiger partial charge >= 0.3 is 0 Å². The minimum atomic E-state index is -0.0487. The maximum absolute atomic E-state index is 12.4. The average molecular weight is 340 g/mol. The fourth-order valence-corrected chi connectivity index (χ4v) is 3.58. The zero-order valence-corrected chi connectivity index (χ0v) is 14.5. The highest BCUT2D eigenvalue weighted by molar-refractivity contribution is 8.13. The summed E-state index contributed by atoms with van der Waals surface area (Å²) >= 11 is 1.61. The van der Waals surface area contributed by atoms with Crippen molar-refractivity contribution in [3.63, 3.8) is 0 Å². The zero-order valence-electron chi connectivity index (χ0n) is 13.6. The van der Waals surface area contributed by atoms with Gasteiger partial charge in [0.05, 0.1) is 6.54 Å². The molecule has 3 rings (SSSR count). The van der Waals surface area contributed by atoms with E-state index in [1.54, 1.807) is 16.7 Å². The lowest BCUT2D eigenvalue weighted by Crippen LogP contribution is -2.36. The van der Waals surface area contributed by atoms with E-state index in [0.717, 1.165) is 10.9 Å². The lowest BCUT2D eigenvalue weighted by molar-refractivity contribution is -0.128. The Morgan fingerprint density at radius 2 is 1.92 bits per heavy atom. The predicted octanol–water partition coefficient (Wildman–Crippen LogP) is 3.51. The first-order valence-corrected chi connectivity index (χ1v) is 8.92. The van der Waals surface area contributed by atoms with Gasteiger partial charge in [-0.25, -0.2) is 0 Å². The normalized spacial score (nSPS) is 13.7. The first-order valence-electron chi connectivity index (χ1n) is 7.94. The molecule has 0 aromatic heterocycles. The van der Waals surface area contributed by atoms with E-state index in [0.29, 0.717) is 18.8 Å². The second kappa shape index (κ2) is 8.02.